The lowest BCUT2D eigenvalue weighted by atomic mass is 9.98. The Balaban J connectivity index is 2.00. The number of carbonyl (C=O) groups excluding carboxylic acids is 5. The zero-order valence-electron chi connectivity index (χ0n) is 22.1. The number of carbonyl (C=O) groups is 5. The number of hydrogen-bond donors (Lipinski definition) is 0. The molecule has 0 bridgehead atoms. The van der Waals surface area contributed by atoms with Crippen molar-refractivity contribution >= 4 is 35.5 Å². The van der Waals surface area contributed by atoms with E-state index in [1.54, 1.807) is 6.07 Å². The first kappa shape index (κ1) is 29.6. The van der Waals surface area contributed by atoms with Crippen molar-refractivity contribution in [2.45, 2.75) is 64.7 Å². The Morgan fingerprint density at radius 2 is 1.49 bits per heavy atom. The molecule has 0 radical (unpaired) electrons. The van der Waals surface area contributed by atoms with Crippen molar-refractivity contribution in [1.29, 1.82) is 0 Å². The summed E-state index contributed by atoms with van der Waals surface area (Å²) in [4.78, 5) is 65.8. The van der Waals surface area contributed by atoms with E-state index >= 15 is 0 Å². The Labute approximate surface area is 223 Å². The van der Waals surface area contributed by atoms with Crippen LogP contribution < -0.4 is 14.5 Å². The van der Waals surface area contributed by atoms with Gasteiger partial charge in [-0.1, -0.05) is 0 Å². The first-order valence-electron chi connectivity index (χ1n) is 11.6. The topological polar surface area (TPSA) is 172 Å². The van der Waals surface area contributed by atoms with Crippen LogP contribution in [-0.2, 0) is 57.2 Å². The number of fused-ring (bicyclic) bond motifs is 1. The molecule has 0 spiro atoms. The van der Waals surface area contributed by atoms with Gasteiger partial charge in [0.15, 0.2) is 24.1 Å². The van der Waals surface area contributed by atoms with Crippen LogP contribution in [0.3, 0.4) is 0 Å². The Hall–Kier alpha value is -3.95. The number of anilines is 1. The molecule has 214 valence electrons. The minimum atomic E-state index is -1.72. The molecule has 3 rings (SSSR count). The van der Waals surface area contributed by atoms with E-state index in [1.807, 2.05) is 0 Å². The monoisotopic (exact) mass is 555 g/mol. The van der Waals surface area contributed by atoms with Crippen molar-refractivity contribution in [2.24, 2.45) is 0 Å². The highest BCUT2D eigenvalue weighted by Crippen LogP contribution is 2.38. The SMILES string of the molecule is COc1ccc2c(c1)OC(O[C@@H]1O[C@H](COC(C)=O)[C@@H](OC(C)=O)[C@H](OC(C)=O)[C@H]1OC(C)=O)C(=O)N2OC. The summed E-state index contributed by atoms with van der Waals surface area (Å²) in [6.45, 7) is 3.92. The third-order valence-electron chi connectivity index (χ3n) is 5.41. The van der Waals surface area contributed by atoms with Gasteiger partial charge in [-0.3, -0.25) is 28.8 Å². The number of rotatable bonds is 9. The van der Waals surface area contributed by atoms with E-state index < -0.39 is 73.4 Å². The van der Waals surface area contributed by atoms with Crippen molar-refractivity contribution in [3.8, 4) is 11.5 Å². The summed E-state index contributed by atoms with van der Waals surface area (Å²) in [6, 6.07) is 4.60. The minimum Gasteiger partial charge on any atom is -0.497 e. The number of ether oxygens (including phenoxy) is 8. The molecule has 1 amide bonds. The third kappa shape index (κ3) is 7.13. The fourth-order valence-electron chi connectivity index (χ4n) is 3.96. The summed E-state index contributed by atoms with van der Waals surface area (Å²) in [7, 11) is 2.69. The first-order valence-corrected chi connectivity index (χ1v) is 11.6. The van der Waals surface area contributed by atoms with E-state index in [4.69, 9.17) is 42.7 Å². The van der Waals surface area contributed by atoms with Crippen LogP contribution in [0.4, 0.5) is 5.69 Å². The van der Waals surface area contributed by atoms with E-state index in [0.29, 0.717) is 5.75 Å². The Kier molecular flexibility index (Phi) is 9.66. The highest BCUT2D eigenvalue weighted by Gasteiger charge is 2.54. The molecule has 15 heteroatoms. The third-order valence-corrected chi connectivity index (χ3v) is 5.41. The van der Waals surface area contributed by atoms with E-state index in [0.717, 1.165) is 32.8 Å². The second-order valence-electron chi connectivity index (χ2n) is 8.30. The first-order chi connectivity index (χ1) is 18.4. The van der Waals surface area contributed by atoms with Crippen LogP contribution in [-0.4, -0.2) is 87.6 Å². The number of amides is 1. The van der Waals surface area contributed by atoms with Crippen molar-refractivity contribution in [3.63, 3.8) is 0 Å². The Morgan fingerprint density at radius 3 is 2.05 bits per heavy atom. The van der Waals surface area contributed by atoms with Crippen molar-refractivity contribution < 1.29 is 66.7 Å². The summed E-state index contributed by atoms with van der Waals surface area (Å²) in [5.41, 5.74) is 0.254. The van der Waals surface area contributed by atoms with Crippen LogP contribution in [0.1, 0.15) is 27.7 Å². The van der Waals surface area contributed by atoms with Crippen molar-refractivity contribution in [3.05, 3.63) is 18.2 Å². The van der Waals surface area contributed by atoms with E-state index in [-0.39, 0.29) is 11.4 Å². The summed E-state index contributed by atoms with van der Waals surface area (Å²) >= 11 is 0. The fraction of sp³-hybridized carbons (Fsp3) is 0.542. The number of nitrogens with zero attached hydrogens (tertiary/aromatic N) is 1. The molecular weight excluding hydrogens is 526 g/mol. The molecule has 0 aromatic heterocycles. The number of esters is 4. The minimum absolute atomic E-state index is 0.145. The van der Waals surface area contributed by atoms with Crippen LogP contribution in [0.2, 0.25) is 0 Å². The van der Waals surface area contributed by atoms with Crippen LogP contribution in [0.5, 0.6) is 11.5 Å². The van der Waals surface area contributed by atoms with E-state index in [9.17, 15) is 24.0 Å². The highest BCUT2D eigenvalue weighted by molar-refractivity contribution is 5.97. The average Bonchev–Trinajstić information content (AvgIpc) is 2.85. The predicted molar refractivity (Wildman–Crippen MR) is 125 cm³/mol. The Bertz CT molecular complexity index is 1110. The second kappa shape index (κ2) is 12.7. The molecule has 1 fully saturated rings. The predicted octanol–water partition coefficient (Wildman–Crippen LogP) is 0.408. The molecule has 1 aromatic rings. The van der Waals surface area contributed by atoms with Gasteiger partial charge in [-0.15, -0.1) is 0 Å². The molecular formula is C24H29NO14. The van der Waals surface area contributed by atoms with Crippen LogP contribution in [0.15, 0.2) is 18.2 Å². The molecule has 1 saturated heterocycles. The van der Waals surface area contributed by atoms with Gasteiger partial charge >= 0.3 is 29.8 Å². The maximum atomic E-state index is 13.2. The van der Waals surface area contributed by atoms with Gasteiger partial charge in [-0.2, -0.15) is 5.06 Å². The van der Waals surface area contributed by atoms with Crippen LogP contribution in [0, 0.1) is 0 Å². The van der Waals surface area contributed by atoms with Gasteiger partial charge in [0.1, 0.15) is 24.1 Å². The van der Waals surface area contributed by atoms with Crippen LogP contribution >= 0.6 is 0 Å². The van der Waals surface area contributed by atoms with Crippen molar-refractivity contribution in [1.82, 2.24) is 0 Å². The lowest BCUT2D eigenvalue weighted by molar-refractivity contribution is -0.327. The van der Waals surface area contributed by atoms with Gasteiger partial charge in [-0.05, 0) is 12.1 Å². The molecule has 6 atom stereocenters. The molecule has 0 N–H and O–H groups in total. The largest absolute Gasteiger partial charge is 0.497 e. The molecule has 1 aromatic carbocycles. The number of benzene rings is 1. The molecule has 1 unspecified atom stereocenters. The van der Waals surface area contributed by atoms with Crippen LogP contribution in [0.25, 0.3) is 0 Å². The normalized spacial score (nSPS) is 26.0. The molecule has 2 aliphatic heterocycles. The van der Waals surface area contributed by atoms with Crippen molar-refractivity contribution in [2.75, 3.05) is 25.9 Å². The zero-order valence-corrected chi connectivity index (χ0v) is 22.1. The fourth-order valence-corrected chi connectivity index (χ4v) is 3.96. The summed E-state index contributed by atoms with van der Waals surface area (Å²) < 4.78 is 43.7. The maximum Gasteiger partial charge on any atom is 0.320 e. The summed E-state index contributed by atoms with van der Waals surface area (Å²) in [6.07, 6.45) is -9.07. The molecule has 39 heavy (non-hydrogen) atoms. The molecule has 0 aliphatic carbocycles. The number of hydroxylamine groups is 1. The summed E-state index contributed by atoms with van der Waals surface area (Å²) in [5.74, 6) is -3.39. The standard InChI is InChI=1S/C24H29NO14/c1-11(26)33-10-18-19(34-12(2)27)20(35-13(3)28)21(36-14(4)29)23(38-18)39-24-22(30)25(32-6)16-8-7-15(31-5)9-17(16)37-24/h7-9,18-21,23-24H,10H2,1-6H3/t18-,19-,20+,21-,23+,24?/m1/s1. The molecule has 2 heterocycles. The highest BCUT2D eigenvalue weighted by atomic mass is 16.8. The zero-order chi connectivity index (χ0) is 28.9. The molecule has 2 aliphatic rings. The molecule has 15 nitrogen and oxygen atoms in total. The van der Waals surface area contributed by atoms with E-state index in [1.165, 1.54) is 26.4 Å². The lowest BCUT2D eigenvalue weighted by Gasteiger charge is -2.45. The van der Waals surface area contributed by atoms with Gasteiger partial charge < -0.3 is 37.9 Å². The maximum absolute atomic E-state index is 13.2. The lowest BCUT2D eigenvalue weighted by Crippen LogP contribution is -2.64. The van der Waals surface area contributed by atoms with E-state index in [2.05, 4.69) is 0 Å². The average molecular weight is 555 g/mol. The quantitative estimate of drug-likeness (QED) is 0.303. The molecule has 0 saturated carbocycles. The number of methoxy groups -OCH3 is 1. The Morgan fingerprint density at radius 1 is 0.872 bits per heavy atom. The van der Waals surface area contributed by atoms with Gasteiger partial charge in [0.05, 0.1) is 14.2 Å². The number of hydrogen-bond acceptors (Lipinski definition) is 14. The van der Waals surface area contributed by atoms with Gasteiger partial charge in [0.2, 0.25) is 6.29 Å². The smallest absolute Gasteiger partial charge is 0.320 e. The summed E-state index contributed by atoms with van der Waals surface area (Å²) in [5, 5.41) is 0.911. The van der Waals surface area contributed by atoms with Gasteiger partial charge in [-0.25, -0.2) is 0 Å². The van der Waals surface area contributed by atoms with Gasteiger partial charge in [0, 0.05) is 33.8 Å². The van der Waals surface area contributed by atoms with Gasteiger partial charge in [0.25, 0.3) is 6.29 Å². The second-order valence-corrected chi connectivity index (χ2v) is 8.30.